The molecular weight excluding hydrogens is 366 g/mol. The second kappa shape index (κ2) is 8.06. The molecule has 0 spiro atoms. The van der Waals surface area contributed by atoms with Crippen molar-refractivity contribution in [3.63, 3.8) is 0 Å². The summed E-state index contributed by atoms with van der Waals surface area (Å²) >= 11 is 0. The molecule has 0 aliphatic carbocycles. The van der Waals surface area contributed by atoms with E-state index in [9.17, 15) is 13.2 Å². The number of carbonyl (C=O) groups is 1. The van der Waals surface area contributed by atoms with Crippen molar-refractivity contribution in [2.24, 2.45) is 0 Å². The molecule has 27 heavy (non-hydrogen) atoms. The Morgan fingerprint density at radius 1 is 1.41 bits per heavy atom. The van der Waals surface area contributed by atoms with Crippen LogP contribution >= 0.6 is 0 Å². The van der Waals surface area contributed by atoms with Gasteiger partial charge >= 0.3 is 0 Å². The van der Waals surface area contributed by atoms with E-state index in [0.717, 1.165) is 12.8 Å². The first-order valence-corrected chi connectivity index (χ1v) is 10.3. The van der Waals surface area contributed by atoms with Gasteiger partial charge in [-0.2, -0.15) is 4.31 Å². The van der Waals surface area contributed by atoms with Crippen LogP contribution in [0.1, 0.15) is 47.1 Å². The van der Waals surface area contributed by atoms with Crippen LogP contribution in [0.3, 0.4) is 0 Å². The SMILES string of the molecule is C=CCNC(=O)c1cccc(S(=O)(=O)N2CCCCC2c2cc(C)on2)c1. The van der Waals surface area contributed by atoms with Crippen LogP contribution in [0.2, 0.25) is 0 Å². The minimum Gasteiger partial charge on any atom is -0.361 e. The molecule has 1 aliphatic rings. The fourth-order valence-electron chi connectivity index (χ4n) is 3.23. The van der Waals surface area contributed by atoms with E-state index in [1.165, 1.54) is 16.4 Å². The van der Waals surface area contributed by atoms with Gasteiger partial charge in [0, 0.05) is 24.7 Å². The molecule has 7 nitrogen and oxygen atoms in total. The number of carbonyl (C=O) groups excluding carboxylic acids is 1. The second-order valence-corrected chi connectivity index (χ2v) is 8.41. The molecule has 1 N–H and O–H groups in total. The Morgan fingerprint density at radius 3 is 2.93 bits per heavy atom. The molecule has 0 bridgehead atoms. The molecule has 1 fully saturated rings. The number of sulfonamides is 1. The second-order valence-electron chi connectivity index (χ2n) is 6.52. The van der Waals surface area contributed by atoms with Crippen molar-refractivity contribution >= 4 is 15.9 Å². The molecule has 1 aromatic carbocycles. The van der Waals surface area contributed by atoms with Crippen molar-refractivity contribution in [3.05, 3.63) is 60.0 Å². The summed E-state index contributed by atoms with van der Waals surface area (Å²) in [6.07, 6.45) is 3.96. The van der Waals surface area contributed by atoms with E-state index in [4.69, 9.17) is 4.52 Å². The Bertz CT molecular complexity index is 936. The van der Waals surface area contributed by atoms with Crippen molar-refractivity contribution < 1.29 is 17.7 Å². The Kier molecular flexibility index (Phi) is 5.76. The highest BCUT2D eigenvalue weighted by Gasteiger charge is 2.36. The number of aromatic nitrogens is 1. The number of aryl methyl sites for hydroxylation is 1. The summed E-state index contributed by atoms with van der Waals surface area (Å²) < 4.78 is 33.2. The van der Waals surface area contributed by atoms with E-state index < -0.39 is 10.0 Å². The molecule has 1 saturated heterocycles. The maximum Gasteiger partial charge on any atom is 0.251 e. The summed E-state index contributed by atoms with van der Waals surface area (Å²) in [4.78, 5) is 12.3. The van der Waals surface area contributed by atoms with Gasteiger partial charge in [0.05, 0.1) is 10.9 Å². The Labute approximate surface area is 159 Å². The molecule has 1 aliphatic heterocycles. The smallest absolute Gasteiger partial charge is 0.251 e. The molecule has 144 valence electrons. The lowest BCUT2D eigenvalue weighted by atomic mass is 10.0. The molecule has 1 aromatic heterocycles. The normalized spacial score (nSPS) is 18.2. The van der Waals surface area contributed by atoms with Crippen molar-refractivity contribution in [3.8, 4) is 0 Å². The predicted octanol–water partition coefficient (Wildman–Crippen LogP) is 2.81. The number of hydrogen-bond acceptors (Lipinski definition) is 5. The molecule has 2 aromatic rings. The summed E-state index contributed by atoms with van der Waals surface area (Å²) in [6, 6.07) is 7.50. The Morgan fingerprint density at radius 2 is 2.22 bits per heavy atom. The zero-order valence-electron chi connectivity index (χ0n) is 15.2. The zero-order chi connectivity index (χ0) is 19.4. The van der Waals surface area contributed by atoms with Gasteiger partial charge in [-0.3, -0.25) is 4.79 Å². The number of hydrogen-bond donors (Lipinski definition) is 1. The molecule has 1 unspecified atom stereocenters. The van der Waals surface area contributed by atoms with Gasteiger partial charge in [-0.25, -0.2) is 8.42 Å². The quantitative estimate of drug-likeness (QED) is 0.767. The highest BCUT2D eigenvalue weighted by Crippen LogP contribution is 2.35. The first kappa shape index (κ1) is 19.3. The van der Waals surface area contributed by atoms with E-state index >= 15 is 0 Å². The molecule has 3 rings (SSSR count). The number of nitrogens with zero attached hydrogens (tertiary/aromatic N) is 2. The zero-order valence-corrected chi connectivity index (χ0v) is 16.0. The Hall–Kier alpha value is -2.45. The van der Waals surface area contributed by atoms with Gasteiger partial charge in [-0.15, -0.1) is 6.58 Å². The van der Waals surface area contributed by atoms with Gasteiger partial charge in [-0.1, -0.05) is 23.7 Å². The minimum absolute atomic E-state index is 0.0980. The maximum atomic E-state index is 13.3. The van der Waals surface area contributed by atoms with Crippen LogP contribution in [0, 0.1) is 6.92 Å². The molecule has 0 radical (unpaired) electrons. The first-order chi connectivity index (χ1) is 12.9. The molecule has 8 heteroatoms. The van der Waals surface area contributed by atoms with Crippen LogP contribution in [-0.2, 0) is 10.0 Å². The standard InChI is InChI=1S/C19H23N3O4S/c1-3-10-20-19(23)15-7-6-8-16(13-15)27(24,25)22-11-5-4-9-18(22)17-12-14(2)26-21-17/h3,6-8,12-13,18H,1,4-5,9-11H2,2H3,(H,20,23). The van der Waals surface area contributed by atoms with Crippen molar-refractivity contribution in [2.75, 3.05) is 13.1 Å². The predicted molar refractivity (Wildman–Crippen MR) is 101 cm³/mol. The van der Waals surface area contributed by atoms with Crippen LogP contribution < -0.4 is 5.32 Å². The van der Waals surface area contributed by atoms with Gasteiger partial charge in [0.25, 0.3) is 5.91 Å². The van der Waals surface area contributed by atoms with E-state index in [-0.39, 0.29) is 16.8 Å². The van der Waals surface area contributed by atoms with Gasteiger partial charge in [0.1, 0.15) is 11.5 Å². The van der Waals surface area contributed by atoms with Crippen LogP contribution in [0.15, 0.2) is 52.4 Å². The van der Waals surface area contributed by atoms with Crippen molar-refractivity contribution in [2.45, 2.75) is 37.1 Å². The van der Waals surface area contributed by atoms with E-state index in [1.807, 2.05) is 0 Å². The average molecular weight is 389 g/mol. The van der Waals surface area contributed by atoms with E-state index in [0.29, 0.717) is 36.5 Å². The third-order valence-electron chi connectivity index (χ3n) is 4.55. The Balaban J connectivity index is 1.92. The number of amides is 1. The monoisotopic (exact) mass is 389 g/mol. The third kappa shape index (κ3) is 4.12. The topological polar surface area (TPSA) is 92.5 Å². The molecule has 0 saturated carbocycles. The van der Waals surface area contributed by atoms with Crippen LogP contribution in [0.25, 0.3) is 0 Å². The van der Waals surface area contributed by atoms with Crippen molar-refractivity contribution in [1.29, 1.82) is 0 Å². The number of nitrogens with one attached hydrogen (secondary N) is 1. The third-order valence-corrected chi connectivity index (χ3v) is 6.46. The van der Waals surface area contributed by atoms with Crippen molar-refractivity contribution in [1.82, 2.24) is 14.8 Å². The number of benzene rings is 1. The molecule has 2 heterocycles. The summed E-state index contributed by atoms with van der Waals surface area (Å²) in [7, 11) is -3.78. The van der Waals surface area contributed by atoms with E-state index in [1.54, 1.807) is 31.2 Å². The molecule has 1 atom stereocenters. The fraction of sp³-hybridized carbons (Fsp3) is 0.368. The largest absolute Gasteiger partial charge is 0.361 e. The lowest BCUT2D eigenvalue weighted by Gasteiger charge is -2.33. The minimum atomic E-state index is -3.78. The van der Waals surface area contributed by atoms with Crippen LogP contribution in [0.5, 0.6) is 0 Å². The maximum absolute atomic E-state index is 13.3. The number of piperidine rings is 1. The van der Waals surface area contributed by atoms with Gasteiger partial charge in [0.2, 0.25) is 10.0 Å². The summed E-state index contributed by atoms with van der Waals surface area (Å²) in [5, 5.41) is 6.68. The molecular formula is C19H23N3O4S. The van der Waals surface area contributed by atoms with Gasteiger partial charge in [-0.05, 0) is 38.0 Å². The van der Waals surface area contributed by atoms with Crippen LogP contribution in [-0.4, -0.2) is 36.9 Å². The van der Waals surface area contributed by atoms with Gasteiger partial charge in [0.15, 0.2) is 0 Å². The summed E-state index contributed by atoms with van der Waals surface area (Å²) in [5.41, 5.74) is 0.916. The van der Waals surface area contributed by atoms with Crippen LogP contribution in [0.4, 0.5) is 0 Å². The highest BCUT2D eigenvalue weighted by atomic mass is 32.2. The van der Waals surface area contributed by atoms with E-state index in [2.05, 4.69) is 17.1 Å². The lowest BCUT2D eigenvalue weighted by molar-refractivity contribution is 0.0958. The fourth-order valence-corrected chi connectivity index (χ4v) is 4.95. The average Bonchev–Trinajstić information content (AvgIpc) is 3.12. The first-order valence-electron chi connectivity index (χ1n) is 8.87. The highest BCUT2D eigenvalue weighted by molar-refractivity contribution is 7.89. The number of rotatable bonds is 6. The summed E-state index contributed by atoms with van der Waals surface area (Å²) in [5.74, 6) is 0.308. The lowest BCUT2D eigenvalue weighted by Crippen LogP contribution is -2.38. The van der Waals surface area contributed by atoms with Gasteiger partial charge < -0.3 is 9.84 Å². The summed E-state index contributed by atoms with van der Waals surface area (Å²) in [6.45, 7) is 6.06. The molecule has 1 amide bonds.